The molecule has 2 aromatic carbocycles. The van der Waals surface area contributed by atoms with Gasteiger partial charge in [-0.1, -0.05) is 23.7 Å². The van der Waals surface area contributed by atoms with Gasteiger partial charge in [0.2, 0.25) is 5.91 Å². The molecule has 0 spiro atoms. The Balaban J connectivity index is 1.42. The minimum atomic E-state index is -3.74. The number of carboxylic acid groups (broad SMARTS) is 1. The number of amides is 1. The molecule has 1 N–H and O–H groups in total. The second-order valence-corrected chi connectivity index (χ2v) is 12.1. The monoisotopic (exact) mass is 550 g/mol. The minimum absolute atomic E-state index is 0.117. The maximum absolute atomic E-state index is 13.0. The van der Waals surface area contributed by atoms with Gasteiger partial charge >= 0.3 is 5.97 Å². The van der Waals surface area contributed by atoms with Crippen LogP contribution < -0.4 is 4.80 Å². The Morgan fingerprint density at radius 1 is 1.17 bits per heavy atom. The van der Waals surface area contributed by atoms with Crippen LogP contribution in [0.4, 0.5) is 0 Å². The van der Waals surface area contributed by atoms with Crippen molar-refractivity contribution in [3.8, 4) is 0 Å². The van der Waals surface area contributed by atoms with Gasteiger partial charge in [0.25, 0.3) is 0 Å². The molecule has 4 rings (SSSR count). The summed E-state index contributed by atoms with van der Waals surface area (Å²) in [5.41, 5.74) is 1.01. The lowest BCUT2D eigenvalue weighted by molar-refractivity contribution is -0.153. The number of piperazine rings is 1. The average Bonchev–Trinajstić information content (AvgIpc) is 3.21. The Morgan fingerprint density at radius 2 is 1.89 bits per heavy atom. The smallest absolute Gasteiger partial charge is 0.327 e. The van der Waals surface area contributed by atoms with Gasteiger partial charge in [0, 0.05) is 62.8 Å². The maximum atomic E-state index is 13.0. The van der Waals surface area contributed by atoms with E-state index >= 15 is 0 Å². The molecule has 3 aromatic rings. The number of aliphatic carboxylic acids is 1. The summed E-state index contributed by atoms with van der Waals surface area (Å²) >= 11 is 7.51. The highest BCUT2D eigenvalue weighted by atomic mass is 35.5. The first-order valence-electron chi connectivity index (χ1n) is 11.3. The summed E-state index contributed by atoms with van der Waals surface area (Å²) in [7, 11) is -0.109. The van der Waals surface area contributed by atoms with Gasteiger partial charge in [0.05, 0.1) is 10.6 Å². The predicted octanol–water partition coefficient (Wildman–Crippen LogP) is 2.39. The van der Waals surface area contributed by atoms with E-state index in [1.807, 2.05) is 21.9 Å². The number of carboxylic acids is 1. The Kier molecular flexibility index (Phi) is 7.84. The zero-order valence-electron chi connectivity index (χ0n) is 19.9. The third-order valence-corrected chi connectivity index (χ3v) is 9.39. The number of aromatic nitrogens is 1. The van der Waals surface area contributed by atoms with Crippen LogP contribution in [0, 0.1) is 0 Å². The fourth-order valence-corrected chi connectivity index (χ4v) is 6.64. The van der Waals surface area contributed by atoms with E-state index in [0.717, 1.165) is 21.3 Å². The molecule has 1 aromatic heterocycles. The van der Waals surface area contributed by atoms with Crippen LogP contribution >= 0.6 is 22.9 Å². The van der Waals surface area contributed by atoms with Gasteiger partial charge in [-0.15, -0.1) is 11.3 Å². The van der Waals surface area contributed by atoms with Crippen molar-refractivity contribution in [2.45, 2.75) is 23.9 Å². The number of hydrogen-bond acceptors (Lipinski definition) is 7. The van der Waals surface area contributed by atoms with E-state index in [-0.39, 0.29) is 24.4 Å². The Hall–Kier alpha value is -2.73. The van der Waals surface area contributed by atoms with Crippen LogP contribution in [0.3, 0.4) is 0 Å². The molecule has 2 heterocycles. The van der Waals surface area contributed by atoms with Crippen LogP contribution in [0.5, 0.6) is 0 Å². The third-order valence-electron chi connectivity index (χ3n) is 6.38. The molecule has 9 nitrogen and oxygen atoms in total. The van der Waals surface area contributed by atoms with E-state index in [9.17, 15) is 23.1 Å². The van der Waals surface area contributed by atoms with E-state index in [1.54, 1.807) is 37.4 Å². The average molecular weight is 551 g/mol. The highest BCUT2D eigenvalue weighted by Gasteiger charge is 2.35. The van der Waals surface area contributed by atoms with Crippen LogP contribution in [0.1, 0.15) is 12.1 Å². The Morgan fingerprint density at radius 3 is 2.58 bits per heavy atom. The van der Waals surface area contributed by atoms with Crippen molar-refractivity contribution in [2.24, 2.45) is 12.0 Å². The Labute approximate surface area is 218 Å². The molecule has 1 amide bonds. The van der Waals surface area contributed by atoms with Crippen molar-refractivity contribution in [1.29, 1.82) is 0 Å². The summed E-state index contributed by atoms with van der Waals surface area (Å²) in [6.07, 6.45) is -0.286. The highest BCUT2D eigenvalue weighted by molar-refractivity contribution is 7.91. The number of carbonyl (C=O) groups excluding carboxylic acids is 1. The molecule has 0 aliphatic carbocycles. The molecule has 1 aliphatic heterocycles. The minimum Gasteiger partial charge on any atom is -0.480 e. The van der Waals surface area contributed by atoms with Crippen molar-refractivity contribution >= 4 is 55.4 Å². The van der Waals surface area contributed by atoms with E-state index in [0.29, 0.717) is 18.1 Å². The lowest BCUT2D eigenvalue weighted by Gasteiger charge is -2.39. The number of thiazole rings is 1. The summed E-state index contributed by atoms with van der Waals surface area (Å²) in [4.78, 5) is 33.4. The van der Waals surface area contributed by atoms with E-state index in [2.05, 4.69) is 4.99 Å². The maximum Gasteiger partial charge on any atom is 0.327 e. The molecule has 1 saturated heterocycles. The first kappa shape index (κ1) is 26.3. The quantitative estimate of drug-likeness (QED) is 0.483. The number of rotatable bonds is 7. The summed E-state index contributed by atoms with van der Waals surface area (Å²) in [5.74, 6) is -1.99. The summed E-state index contributed by atoms with van der Waals surface area (Å²) in [5, 5.41) is 13.9. The first-order valence-corrected chi connectivity index (χ1v) is 14.2. The molecule has 1 aliphatic rings. The second-order valence-electron chi connectivity index (χ2n) is 8.69. The molecule has 0 radical (unpaired) electrons. The van der Waals surface area contributed by atoms with E-state index < -0.39 is 33.5 Å². The lowest BCUT2D eigenvalue weighted by atomic mass is 10.1. The highest BCUT2D eigenvalue weighted by Crippen LogP contribution is 2.24. The number of hydrogen-bond donors (Lipinski definition) is 1. The SMILES string of the molecule is C/N=c1\scc(CN2CCN(C(=O)CCS(=O)(=O)c3ccc4cc(Cl)ccc4c3)C(C(=O)O)C2)n1C. The number of halogens is 1. The number of benzene rings is 2. The fraction of sp³-hybridized carbons (Fsp3) is 0.375. The van der Waals surface area contributed by atoms with Gasteiger partial charge in [-0.3, -0.25) is 14.7 Å². The topological polar surface area (TPSA) is 112 Å². The van der Waals surface area contributed by atoms with Crippen LogP contribution in [-0.4, -0.2) is 78.2 Å². The largest absolute Gasteiger partial charge is 0.480 e. The third kappa shape index (κ3) is 5.64. The second kappa shape index (κ2) is 10.7. The van der Waals surface area contributed by atoms with Crippen molar-refractivity contribution in [1.82, 2.24) is 14.4 Å². The molecule has 1 fully saturated rings. The number of carbonyl (C=O) groups is 2. The molecule has 0 saturated carbocycles. The van der Waals surface area contributed by atoms with Crippen LogP contribution in [0.2, 0.25) is 5.02 Å². The number of fused-ring (bicyclic) bond motifs is 1. The molecule has 192 valence electrons. The van der Waals surface area contributed by atoms with Crippen molar-refractivity contribution in [2.75, 3.05) is 32.4 Å². The Bertz CT molecular complexity index is 1480. The van der Waals surface area contributed by atoms with E-state index in [4.69, 9.17) is 11.6 Å². The zero-order chi connectivity index (χ0) is 26.0. The standard InChI is InChI=1S/C24H27ClN4O5S2/c1-26-24-27(2)19(15-35-24)13-28-8-9-29(21(14-28)23(31)32)22(30)7-10-36(33,34)20-6-4-16-11-18(25)5-3-17(16)12-20/h3-6,11-12,15,21H,7-10,13-14H2,1-2H3,(H,31,32)/b26-24-. The van der Waals surface area contributed by atoms with Gasteiger partial charge < -0.3 is 14.6 Å². The molecule has 0 bridgehead atoms. The van der Waals surface area contributed by atoms with E-state index in [1.165, 1.54) is 22.3 Å². The first-order chi connectivity index (χ1) is 17.1. The summed E-state index contributed by atoms with van der Waals surface area (Å²) < 4.78 is 27.8. The number of nitrogens with zero attached hydrogens (tertiary/aromatic N) is 4. The van der Waals surface area contributed by atoms with Crippen LogP contribution in [0.25, 0.3) is 10.8 Å². The van der Waals surface area contributed by atoms with Gasteiger partial charge in [-0.05, 0) is 35.0 Å². The fourth-order valence-electron chi connectivity index (χ4n) is 4.34. The molecule has 12 heteroatoms. The van der Waals surface area contributed by atoms with Gasteiger partial charge in [0.1, 0.15) is 6.04 Å². The van der Waals surface area contributed by atoms with Crippen molar-refractivity contribution < 1.29 is 23.1 Å². The summed E-state index contributed by atoms with van der Waals surface area (Å²) in [6, 6.07) is 8.88. The van der Waals surface area contributed by atoms with Gasteiger partial charge in [-0.2, -0.15) is 0 Å². The number of sulfone groups is 1. The van der Waals surface area contributed by atoms with Crippen molar-refractivity contribution in [3.05, 3.63) is 57.3 Å². The molecular formula is C24H27ClN4O5S2. The van der Waals surface area contributed by atoms with Crippen LogP contribution in [-0.2, 0) is 33.0 Å². The van der Waals surface area contributed by atoms with Gasteiger partial charge in [0.15, 0.2) is 14.6 Å². The zero-order valence-corrected chi connectivity index (χ0v) is 22.3. The summed E-state index contributed by atoms with van der Waals surface area (Å²) in [6.45, 7) is 1.40. The normalized spacial score (nSPS) is 17.6. The molecular weight excluding hydrogens is 524 g/mol. The van der Waals surface area contributed by atoms with Crippen molar-refractivity contribution in [3.63, 3.8) is 0 Å². The van der Waals surface area contributed by atoms with Crippen LogP contribution in [0.15, 0.2) is 51.7 Å². The molecule has 1 atom stereocenters. The van der Waals surface area contributed by atoms with Gasteiger partial charge in [-0.25, -0.2) is 13.2 Å². The predicted molar refractivity (Wildman–Crippen MR) is 139 cm³/mol. The molecule has 36 heavy (non-hydrogen) atoms. The lowest BCUT2D eigenvalue weighted by Crippen LogP contribution is -2.58. The molecule has 1 unspecified atom stereocenters.